The third-order valence-corrected chi connectivity index (χ3v) is 5.36. The molecule has 1 aromatic heterocycles. The number of thiazole rings is 1. The van der Waals surface area contributed by atoms with E-state index < -0.39 is 0 Å². The maximum atomic E-state index is 12.4. The van der Waals surface area contributed by atoms with Gasteiger partial charge in [0, 0.05) is 17.3 Å². The van der Waals surface area contributed by atoms with Crippen LogP contribution in [-0.2, 0) is 24.2 Å². The fourth-order valence-corrected chi connectivity index (χ4v) is 4.17. The van der Waals surface area contributed by atoms with Gasteiger partial charge in [0.25, 0.3) is 0 Å². The van der Waals surface area contributed by atoms with Crippen molar-refractivity contribution in [3.63, 3.8) is 0 Å². The molecule has 0 spiro atoms. The Kier molecular flexibility index (Phi) is 3.69. The molecule has 4 rings (SSSR count). The van der Waals surface area contributed by atoms with Crippen molar-refractivity contribution >= 4 is 17.2 Å². The van der Waals surface area contributed by atoms with E-state index in [1.807, 2.05) is 25.1 Å². The highest BCUT2D eigenvalue weighted by molar-refractivity contribution is 7.11. The zero-order chi connectivity index (χ0) is 15.8. The van der Waals surface area contributed by atoms with Crippen molar-refractivity contribution in [2.24, 2.45) is 5.92 Å². The number of hydrogen-bond acceptors (Lipinski definition) is 5. The number of fused-ring (bicyclic) bond motifs is 2. The molecule has 1 atom stereocenters. The van der Waals surface area contributed by atoms with Crippen LogP contribution in [0.1, 0.15) is 27.6 Å². The summed E-state index contributed by atoms with van der Waals surface area (Å²) in [7, 11) is 0. The summed E-state index contributed by atoms with van der Waals surface area (Å²) in [6.07, 6.45) is 2.60. The Morgan fingerprint density at radius 3 is 3.17 bits per heavy atom. The number of aromatic nitrogens is 1. The Bertz CT molecular complexity index is 756. The van der Waals surface area contributed by atoms with Crippen LogP contribution in [0.2, 0.25) is 0 Å². The van der Waals surface area contributed by atoms with E-state index in [9.17, 15) is 4.79 Å². The van der Waals surface area contributed by atoms with Gasteiger partial charge in [-0.1, -0.05) is 6.07 Å². The molecule has 0 fully saturated rings. The molecule has 1 N–H and O–H groups in total. The van der Waals surface area contributed by atoms with Gasteiger partial charge >= 0.3 is 0 Å². The van der Waals surface area contributed by atoms with Crippen LogP contribution in [0.25, 0.3) is 0 Å². The number of rotatable bonds is 3. The van der Waals surface area contributed by atoms with Crippen molar-refractivity contribution in [3.8, 4) is 11.5 Å². The Morgan fingerprint density at radius 2 is 2.26 bits per heavy atom. The van der Waals surface area contributed by atoms with Crippen LogP contribution in [0.3, 0.4) is 0 Å². The first-order chi connectivity index (χ1) is 11.2. The molecule has 0 bridgehead atoms. The second kappa shape index (κ2) is 5.85. The van der Waals surface area contributed by atoms with E-state index in [4.69, 9.17) is 9.47 Å². The van der Waals surface area contributed by atoms with Crippen molar-refractivity contribution in [2.75, 3.05) is 6.79 Å². The summed E-state index contributed by atoms with van der Waals surface area (Å²) < 4.78 is 10.7. The van der Waals surface area contributed by atoms with E-state index >= 15 is 0 Å². The maximum absolute atomic E-state index is 12.4. The summed E-state index contributed by atoms with van der Waals surface area (Å²) in [6, 6.07) is 5.77. The Morgan fingerprint density at radius 1 is 1.39 bits per heavy atom. The van der Waals surface area contributed by atoms with Gasteiger partial charge in [-0.3, -0.25) is 4.79 Å². The van der Waals surface area contributed by atoms with Gasteiger partial charge in [0.1, 0.15) is 0 Å². The van der Waals surface area contributed by atoms with Crippen LogP contribution in [-0.4, -0.2) is 17.7 Å². The minimum Gasteiger partial charge on any atom is -0.454 e. The Hall–Kier alpha value is -2.08. The number of carbonyl (C=O) groups excluding carboxylic acids is 1. The van der Waals surface area contributed by atoms with Gasteiger partial charge in [-0.25, -0.2) is 4.98 Å². The maximum Gasteiger partial charge on any atom is 0.231 e. The molecule has 2 aliphatic rings. The van der Waals surface area contributed by atoms with E-state index in [1.165, 1.54) is 10.6 Å². The SMILES string of the molecule is Cc1nc2c(s1)CC(C(=O)NCc1ccc3c(c1)OCO3)CC2. The molecular weight excluding hydrogens is 312 g/mol. The molecule has 0 saturated heterocycles. The average Bonchev–Trinajstić information content (AvgIpc) is 3.16. The van der Waals surface area contributed by atoms with Gasteiger partial charge in [0.05, 0.1) is 10.7 Å². The van der Waals surface area contributed by atoms with E-state index in [-0.39, 0.29) is 18.6 Å². The second-order valence-corrected chi connectivity index (χ2v) is 7.24. The molecule has 2 aromatic rings. The molecule has 6 heteroatoms. The number of carbonyl (C=O) groups is 1. The molecule has 0 saturated carbocycles. The molecule has 120 valence electrons. The third-order valence-electron chi connectivity index (χ3n) is 4.32. The zero-order valence-corrected chi connectivity index (χ0v) is 13.7. The van der Waals surface area contributed by atoms with Crippen LogP contribution >= 0.6 is 11.3 Å². The number of amides is 1. The van der Waals surface area contributed by atoms with Gasteiger partial charge in [-0.15, -0.1) is 11.3 Å². The Labute approximate surface area is 138 Å². The first-order valence-electron chi connectivity index (χ1n) is 7.80. The predicted octanol–water partition coefficient (Wildman–Crippen LogP) is 2.60. The standard InChI is InChI=1S/C17H18N2O3S/c1-10-19-13-4-3-12(7-16(13)23-10)17(20)18-8-11-2-5-14-15(6-11)22-9-21-14/h2,5-6,12H,3-4,7-9H2,1H3,(H,18,20). The lowest BCUT2D eigenvalue weighted by Crippen LogP contribution is -2.33. The van der Waals surface area contributed by atoms with Gasteiger partial charge < -0.3 is 14.8 Å². The summed E-state index contributed by atoms with van der Waals surface area (Å²) in [6.45, 7) is 2.81. The van der Waals surface area contributed by atoms with Crippen molar-refractivity contribution in [1.82, 2.24) is 10.3 Å². The van der Waals surface area contributed by atoms with Crippen molar-refractivity contribution in [2.45, 2.75) is 32.7 Å². The van der Waals surface area contributed by atoms with E-state index in [0.717, 1.165) is 41.3 Å². The minimum atomic E-state index is 0.0522. The lowest BCUT2D eigenvalue weighted by atomic mass is 9.90. The molecule has 1 aliphatic carbocycles. The topological polar surface area (TPSA) is 60.5 Å². The zero-order valence-electron chi connectivity index (χ0n) is 12.9. The molecular formula is C17H18N2O3S. The molecule has 1 unspecified atom stereocenters. The van der Waals surface area contributed by atoms with Crippen LogP contribution in [0, 0.1) is 12.8 Å². The molecule has 1 amide bonds. The number of hydrogen-bond donors (Lipinski definition) is 1. The van der Waals surface area contributed by atoms with Crippen LogP contribution in [0.4, 0.5) is 0 Å². The smallest absolute Gasteiger partial charge is 0.231 e. The summed E-state index contributed by atoms with van der Waals surface area (Å²) in [4.78, 5) is 18.2. The lowest BCUT2D eigenvalue weighted by Gasteiger charge is -2.20. The van der Waals surface area contributed by atoms with E-state index in [0.29, 0.717) is 6.54 Å². The second-order valence-electron chi connectivity index (χ2n) is 5.95. The van der Waals surface area contributed by atoms with Gasteiger partial charge in [0.15, 0.2) is 11.5 Å². The summed E-state index contributed by atoms with van der Waals surface area (Å²) in [5.41, 5.74) is 2.21. The van der Waals surface area contributed by atoms with Crippen molar-refractivity contribution < 1.29 is 14.3 Å². The molecule has 5 nitrogen and oxygen atoms in total. The number of aryl methyl sites for hydroxylation is 2. The van der Waals surface area contributed by atoms with Gasteiger partial charge in [-0.2, -0.15) is 0 Å². The number of nitrogens with one attached hydrogen (secondary N) is 1. The minimum absolute atomic E-state index is 0.0522. The normalized spacial score (nSPS) is 18.6. The summed E-state index contributed by atoms with van der Waals surface area (Å²) in [5, 5.41) is 4.14. The van der Waals surface area contributed by atoms with Gasteiger partial charge in [-0.05, 0) is 43.9 Å². The van der Waals surface area contributed by atoms with Crippen LogP contribution < -0.4 is 14.8 Å². The lowest BCUT2D eigenvalue weighted by molar-refractivity contribution is -0.125. The summed E-state index contributed by atoms with van der Waals surface area (Å²) >= 11 is 1.72. The van der Waals surface area contributed by atoms with Crippen LogP contribution in [0.5, 0.6) is 11.5 Å². The number of ether oxygens (including phenoxy) is 2. The Balaban J connectivity index is 1.37. The molecule has 1 aromatic carbocycles. The van der Waals surface area contributed by atoms with Crippen molar-refractivity contribution in [3.05, 3.63) is 39.3 Å². The largest absolute Gasteiger partial charge is 0.454 e. The molecule has 1 aliphatic heterocycles. The fraction of sp³-hybridized carbons (Fsp3) is 0.412. The highest BCUT2D eigenvalue weighted by atomic mass is 32.1. The van der Waals surface area contributed by atoms with Crippen LogP contribution in [0.15, 0.2) is 18.2 Å². The monoisotopic (exact) mass is 330 g/mol. The number of nitrogens with zero attached hydrogens (tertiary/aromatic N) is 1. The highest BCUT2D eigenvalue weighted by Crippen LogP contribution is 2.33. The quantitative estimate of drug-likeness (QED) is 0.940. The molecule has 23 heavy (non-hydrogen) atoms. The van der Waals surface area contributed by atoms with Gasteiger partial charge in [0.2, 0.25) is 12.7 Å². The first-order valence-corrected chi connectivity index (χ1v) is 8.62. The number of benzene rings is 1. The molecule has 0 radical (unpaired) electrons. The van der Waals surface area contributed by atoms with Crippen molar-refractivity contribution in [1.29, 1.82) is 0 Å². The highest BCUT2D eigenvalue weighted by Gasteiger charge is 2.27. The van der Waals surface area contributed by atoms with E-state index in [2.05, 4.69) is 10.3 Å². The molecule has 2 heterocycles. The fourth-order valence-electron chi connectivity index (χ4n) is 3.11. The third kappa shape index (κ3) is 2.91. The van der Waals surface area contributed by atoms with E-state index in [1.54, 1.807) is 11.3 Å². The average molecular weight is 330 g/mol. The first kappa shape index (κ1) is 14.5. The summed E-state index contributed by atoms with van der Waals surface area (Å²) in [5.74, 6) is 1.69. The predicted molar refractivity (Wildman–Crippen MR) is 86.8 cm³/mol.